The van der Waals surface area contributed by atoms with Crippen molar-refractivity contribution in [2.24, 2.45) is 0 Å². The third kappa shape index (κ3) is 3.51. The summed E-state index contributed by atoms with van der Waals surface area (Å²) in [5.74, 6) is 0. The van der Waals surface area contributed by atoms with Crippen LogP contribution in [0.4, 0.5) is 0 Å². The van der Waals surface area contributed by atoms with Crippen molar-refractivity contribution in [2.75, 3.05) is 0 Å². The Morgan fingerprint density at radius 1 is 0.864 bits per heavy atom. The van der Waals surface area contributed by atoms with Crippen molar-refractivity contribution >= 4 is 0 Å². The Hall–Kier alpha value is -2.21. The molecule has 2 aromatic rings. The Bertz CT molecular complexity index is 726. The minimum atomic E-state index is -0.0368. The average Bonchev–Trinajstić information content (AvgIpc) is 2.45. The Labute approximate surface area is 133 Å². The first-order chi connectivity index (χ1) is 10.1. The van der Waals surface area contributed by atoms with Crippen molar-refractivity contribution in [3.05, 3.63) is 47.3 Å². The van der Waals surface area contributed by atoms with Crippen LogP contribution >= 0.6 is 0 Å². The van der Waals surface area contributed by atoms with Crippen LogP contribution in [0.3, 0.4) is 0 Å². The molecule has 0 aliphatic carbocycles. The molecule has 3 heteroatoms. The van der Waals surface area contributed by atoms with Crippen molar-refractivity contribution in [3.63, 3.8) is 0 Å². The van der Waals surface area contributed by atoms with Gasteiger partial charge in [0.15, 0.2) is 0 Å². The maximum Gasteiger partial charge on any atom is 0.141 e. The van der Waals surface area contributed by atoms with E-state index < -0.39 is 0 Å². The van der Waals surface area contributed by atoms with Crippen molar-refractivity contribution < 1.29 is 0 Å². The molecule has 0 saturated carbocycles. The third-order valence-corrected chi connectivity index (χ3v) is 3.69. The molecule has 2 heterocycles. The van der Waals surface area contributed by atoms with E-state index >= 15 is 0 Å². The summed E-state index contributed by atoms with van der Waals surface area (Å²) >= 11 is 0. The van der Waals surface area contributed by atoms with Crippen LogP contribution in [0.2, 0.25) is 0 Å². The standard InChI is InChI=1S/C19H23N3/c1-18(2,3)13-7-8-21-16(10-13)17-11-14(19(4,5)6)9-15(12-20)22-17/h7-11H,1-6H3. The molecule has 2 rings (SSSR count). The van der Waals surface area contributed by atoms with Gasteiger partial charge >= 0.3 is 0 Å². The molecular formula is C19H23N3. The fourth-order valence-electron chi connectivity index (χ4n) is 2.19. The summed E-state index contributed by atoms with van der Waals surface area (Å²) in [6.45, 7) is 12.9. The van der Waals surface area contributed by atoms with Gasteiger partial charge in [-0.2, -0.15) is 5.26 Å². The summed E-state index contributed by atoms with van der Waals surface area (Å²) in [5.41, 5.74) is 4.33. The van der Waals surface area contributed by atoms with Crippen LogP contribution in [0.1, 0.15) is 58.4 Å². The highest BCUT2D eigenvalue weighted by atomic mass is 14.8. The Morgan fingerprint density at radius 2 is 1.45 bits per heavy atom. The molecule has 22 heavy (non-hydrogen) atoms. The second kappa shape index (κ2) is 5.53. The van der Waals surface area contributed by atoms with E-state index in [2.05, 4.69) is 63.6 Å². The molecule has 0 radical (unpaired) electrons. The fraction of sp³-hybridized carbons (Fsp3) is 0.421. The van der Waals surface area contributed by atoms with Gasteiger partial charge in [-0.1, -0.05) is 41.5 Å². The highest BCUT2D eigenvalue weighted by molar-refractivity contribution is 5.58. The van der Waals surface area contributed by atoms with E-state index in [1.807, 2.05) is 24.4 Å². The molecule has 0 N–H and O–H groups in total. The minimum absolute atomic E-state index is 0.0368. The molecule has 0 aromatic carbocycles. The SMILES string of the molecule is CC(C)(C)c1ccnc(-c2cc(C(C)(C)C)cc(C#N)n2)c1. The number of aromatic nitrogens is 2. The van der Waals surface area contributed by atoms with E-state index in [1.54, 1.807) is 0 Å². The number of hydrogen-bond acceptors (Lipinski definition) is 3. The highest BCUT2D eigenvalue weighted by Gasteiger charge is 2.19. The minimum Gasteiger partial charge on any atom is -0.255 e. The third-order valence-electron chi connectivity index (χ3n) is 3.69. The van der Waals surface area contributed by atoms with Crippen molar-refractivity contribution in [2.45, 2.75) is 52.4 Å². The molecule has 0 atom stereocenters. The van der Waals surface area contributed by atoms with E-state index in [0.717, 1.165) is 17.0 Å². The zero-order chi connectivity index (χ0) is 16.5. The monoisotopic (exact) mass is 293 g/mol. The number of nitriles is 1. The molecule has 0 amide bonds. The first kappa shape index (κ1) is 16.2. The van der Waals surface area contributed by atoms with Crippen LogP contribution in [0.15, 0.2) is 30.5 Å². The van der Waals surface area contributed by atoms with Gasteiger partial charge in [0.2, 0.25) is 0 Å². The largest absolute Gasteiger partial charge is 0.255 e. The second-order valence-corrected chi connectivity index (χ2v) is 7.67. The molecule has 3 nitrogen and oxygen atoms in total. The molecule has 0 aliphatic rings. The van der Waals surface area contributed by atoms with Gasteiger partial charge in [-0.3, -0.25) is 4.98 Å². The summed E-state index contributed by atoms with van der Waals surface area (Å²) in [5, 5.41) is 9.25. The first-order valence-corrected chi connectivity index (χ1v) is 7.51. The van der Waals surface area contributed by atoms with Crippen molar-refractivity contribution in [1.82, 2.24) is 9.97 Å². The summed E-state index contributed by atoms with van der Waals surface area (Å²) in [6.07, 6.45) is 1.81. The summed E-state index contributed by atoms with van der Waals surface area (Å²) in [7, 11) is 0. The lowest BCUT2D eigenvalue weighted by Crippen LogP contribution is -2.13. The molecule has 0 spiro atoms. The van der Waals surface area contributed by atoms with Gasteiger partial charge in [-0.25, -0.2) is 4.98 Å². The Kier molecular flexibility index (Phi) is 4.06. The predicted octanol–water partition coefficient (Wildman–Crippen LogP) is 4.61. The zero-order valence-corrected chi connectivity index (χ0v) is 14.2. The molecule has 114 valence electrons. The van der Waals surface area contributed by atoms with Gasteiger partial charge < -0.3 is 0 Å². The van der Waals surface area contributed by atoms with Crippen molar-refractivity contribution in [1.29, 1.82) is 5.26 Å². The molecule has 0 bridgehead atoms. The molecule has 0 unspecified atom stereocenters. The van der Waals surface area contributed by atoms with E-state index in [1.165, 1.54) is 5.56 Å². The fourth-order valence-corrected chi connectivity index (χ4v) is 2.19. The number of rotatable bonds is 1. The Balaban J connectivity index is 2.61. The Morgan fingerprint density at radius 3 is 2.00 bits per heavy atom. The van der Waals surface area contributed by atoms with Gasteiger partial charge in [0.1, 0.15) is 11.8 Å². The maximum atomic E-state index is 9.25. The van der Waals surface area contributed by atoms with E-state index in [0.29, 0.717) is 5.69 Å². The lowest BCUT2D eigenvalue weighted by Gasteiger charge is -2.21. The van der Waals surface area contributed by atoms with E-state index in [-0.39, 0.29) is 10.8 Å². The van der Waals surface area contributed by atoms with Crippen LogP contribution in [-0.4, -0.2) is 9.97 Å². The summed E-state index contributed by atoms with van der Waals surface area (Å²) < 4.78 is 0. The smallest absolute Gasteiger partial charge is 0.141 e. The van der Waals surface area contributed by atoms with Gasteiger partial charge in [-0.15, -0.1) is 0 Å². The van der Waals surface area contributed by atoms with Gasteiger partial charge in [0.05, 0.1) is 11.4 Å². The predicted molar refractivity (Wildman–Crippen MR) is 89.6 cm³/mol. The highest BCUT2D eigenvalue weighted by Crippen LogP contribution is 2.29. The van der Waals surface area contributed by atoms with Crippen molar-refractivity contribution in [3.8, 4) is 17.5 Å². The molecule has 2 aromatic heterocycles. The number of nitrogens with zero attached hydrogens (tertiary/aromatic N) is 3. The van der Waals surface area contributed by atoms with Gasteiger partial charge in [0.25, 0.3) is 0 Å². The van der Waals surface area contributed by atoms with Gasteiger partial charge in [0, 0.05) is 6.20 Å². The van der Waals surface area contributed by atoms with Gasteiger partial charge in [-0.05, 0) is 46.2 Å². The molecule has 0 aliphatic heterocycles. The lowest BCUT2D eigenvalue weighted by atomic mass is 9.85. The summed E-state index contributed by atoms with van der Waals surface area (Å²) in [6, 6.07) is 10.1. The number of pyridine rings is 2. The second-order valence-electron chi connectivity index (χ2n) is 7.67. The van der Waals surface area contributed by atoms with E-state index in [4.69, 9.17) is 0 Å². The lowest BCUT2D eigenvalue weighted by molar-refractivity contribution is 0.588. The maximum absolute atomic E-state index is 9.25. The summed E-state index contributed by atoms with van der Waals surface area (Å²) in [4.78, 5) is 8.89. The quantitative estimate of drug-likeness (QED) is 0.771. The van der Waals surface area contributed by atoms with Crippen LogP contribution in [-0.2, 0) is 10.8 Å². The molecule has 0 saturated heterocycles. The van der Waals surface area contributed by atoms with Crippen LogP contribution in [0.25, 0.3) is 11.4 Å². The topological polar surface area (TPSA) is 49.6 Å². The number of hydrogen-bond donors (Lipinski definition) is 0. The first-order valence-electron chi connectivity index (χ1n) is 7.51. The molecular weight excluding hydrogens is 270 g/mol. The molecule has 0 fully saturated rings. The van der Waals surface area contributed by atoms with Crippen LogP contribution < -0.4 is 0 Å². The normalized spacial score (nSPS) is 12.0. The van der Waals surface area contributed by atoms with Crippen LogP contribution in [0, 0.1) is 11.3 Å². The van der Waals surface area contributed by atoms with E-state index in [9.17, 15) is 5.26 Å². The average molecular weight is 293 g/mol. The van der Waals surface area contributed by atoms with Crippen LogP contribution in [0.5, 0.6) is 0 Å². The zero-order valence-electron chi connectivity index (χ0n) is 14.2.